The van der Waals surface area contributed by atoms with E-state index in [1.807, 2.05) is 0 Å². The van der Waals surface area contributed by atoms with Gasteiger partial charge in [-0.1, -0.05) is 6.07 Å². The van der Waals surface area contributed by atoms with Crippen LogP contribution in [0.25, 0.3) is 0 Å². The van der Waals surface area contributed by atoms with Crippen LogP contribution in [-0.4, -0.2) is 53.7 Å². The summed E-state index contributed by atoms with van der Waals surface area (Å²) >= 11 is 0. The number of hydrogen-bond acceptors (Lipinski definition) is 5. The molecule has 0 radical (unpaired) electrons. The first-order valence-corrected chi connectivity index (χ1v) is 8.51. The van der Waals surface area contributed by atoms with Gasteiger partial charge in [-0.05, 0) is 19.1 Å². The van der Waals surface area contributed by atoms with Crippen LogP contribution in [0.2, 0.25) is 0 Å². The molecule has 1 fully saturated rings. The molecular weight excluding hydrogens is 294 g/mol. The third-order valence-corrected chi connectivity index (χ3v) is 5.18. The van der Waals surface area contributed by atoms with Gasteiger partial charge in [0.05, 0.1) is 44.5 Å². The fourth-order valence-corrected chi connectivity index (χ4v) is 3.93. The van der Waals surface area contributed by atoms with Gasteiger partial charge in [0.2, 0.25) is 10.0 Å². The summed E-state index contributed by atoms with van der Waals surface area (Å²) in [6, 6.07) is 7.01. The Labute approximate surface area is 125 Å². The number of sulfonamides is 1. The molecule has 0 N–H and O–H groups in total. The zero-order valence-corrected chi connectivity index (χ0v) is 13.1. The van der Waals surface area contributed by atoms with Crippen LogP contribution >= 0.6 is 0 Å². The molecule has 1 unspecified atom stereocenters. The number of anilines is 1. The Bertz CT molecular complexity index is 554. The second-order valence-electron chi connectivity index (χ2n) is 4.71. The van der Waals surface area contributed by atoms with E-state index < -0.39 is 16.1 Å². The highest BCUT2D eigenvalue weighted by atomic mass is 32.2. The molecule has 0 spiro atoms. The average Bonchev–Trinajstić information content (AvgIpc) is 2.48. The zero-order chi connectivity index (χ0) is 15.3. The third kappa shape index (κ3) is 4.09. The van der Waals surface area contributed by atoms with E-state index in [0.717, 1.165) is 0 Å². The van der Waals surface area contributed by atoms with Crippen molar-refractivity contribution < 1.29 is 22.6 Å². The second kappa shape index (κ2) is 7.11. The van der Waals surface area contributed by atoms with E-state index in [9.17, 15) is 8.42 Å². The van der Waals surface area contributed by atoms with E-state index in [0.29, 0.717) is 37.8 Å². The van der Waals surface area contributed by atoms with E-state index >= 15 is 0 Å². The minimum Gasteiger partial charge on any atom is -0.497 e. The summed E-state index contributed by atoms with van der Waals surface area (Å²) in [5.74, 6) is 0.538. The summed E-state index contributed by atoms with van der Waals surface area (Å²) in [6.45, 7) is 3.42. The van der Waals surface area contributed by atoms with Crippen LogP contribution in [0, 0.1) is 0 Å². The highest BCUT2D eigenvalue weighted by Gasteiger charge is 2.27. The predicted molar refractivity (Wildman–Crippen MR) is 80.4 cm³/mol. The van der Waals surface area contributed by atoms with Gasteiger partial charge in [-0.3, -0.25) is 4.31 Å². The molecule has 0 aromatic heterocycles. The van der Waals surface area contributed by atoms with Gasteiger partial charge in [0.15, 0.2) is 0 Å². The normalized spacial score (nSPS) is 19.2. The molecule has 1 aromatic rings. The first-order valence-electron chi connectivity index (χ1n) is 6.90. The molecule has 0 aliphatic carbocycles. The molecule has 1 aliphatic rings. The lowest BCUT2D eigenvalue weighted by molar-refractivity contribution is -0.0782. The van der Waals surface area contributed by atoms with Crippen LogP contribution in [0.1, 0.15) is 6.92 Å². The molecule has 1 heterocycles. The first kappa shape index (κ1) is 16.1. The Morgan fingerprint density at radius 1 is 1.38 bits per heavy atom. The fourth-order valence-electron chi connectivity index (χ4n) is 2.26. The van der Waals surface area contributed by atoms with E-state index in [1.54, 1.807) is 38.3 Å². The molecule has 0 amide bonds. The smallest absolute Gasteiger partial charge is 0.237 e. The number of benzene rings is 1. The van der Waals surface area contributed by atoms with Gasteiger partial charge in [-0.2, -0.15) is 0 Å². The van der Waals surface area contributed by atoms with Crippen LogP contribution in [0.15, 0.2) is 24.3 Å². The number of ether oxygens (including phenoxy) is 3. The number of methoxy groups -OCH3 is 1. The Balaban J connectivity index is 2.17. The maximum absolute atomic E-state index is 12.6. The van der Waals surface area contributed by atoms with Gasteiger partial charge in [-0.15, -0.1) is 0 Å². The molecular formula is C14H21NO5S. The van der Waals surface area contributed by atoms with Crippen LogP contribution in [0.3, 0.4) is 0 Å². The summed E-state index contributed by atoms with van der Waals surface area (Å²) in [4.78, 5) is 0. The molecule has 1 saturated heterocycles. The van der Waals surface area contributed by atoms with Gasteiger partial charge in [0.25, 0.3) is 0 Å². The minimum absolute atomic E-state index is 0.0853. The monoisotopic (exact) mass is 315 g/mol. The zero-order valence-electron chi connectivity index (χ0n) is 12.3. The van der Waals surface area contributed by atoms with Crippen molar-refractivity contribution in [2.24, 2.45) is 0 Å². The lowest BCUT2D eigenvalue weighted by Crippen LogP contribution is -2.41. The summed E-state index contributed by atoms with van der Waals surface area (Å²) in [7, 11) is -1.92. The molecule has 1 aliphatic heterocycles. The Morgan fingerprint density at radius 3 is 2.81 bits per heavy atom. The van der Waals surface area contributed by atoms with Gasteiger partial charge in [-0.25, -0.2) is 8.42 Å². The van der Waals surface area contributed by atoms with Crippen LogP contribution in [-0.2, 0) is 19.5 Å². The lowest BCUT2D eigenvalue weighted by Gasteiger charge is -2.28. The van der Waals surface area contributed by atoms with E-state index in [4.69, 9.17) is 14.2 Å². The molecule has 6 nitrogen and oxygen atoms in total. The molecule has 2 rings (SSSR count). The number of nitrogens with zero attached hydrogens (tertiary/aromatic N) is 1. The van der Waals surface area contributed by atoms with Crippen molar-refractivity contribution in [3.05, 3.63) is 24.3 Å². The van der Waals surface area contributed by atoms with Crippen molar-refractivity contribution in [2.45, 2.75) is 13.0 Å². The van der Waals surface area contributed by atoms with E-state index in [1.165, 1.54) is 4.31 Å². The summed E-state index contributed by atoms with van der Waals surface area (Å²) in [5, 5.41) is 0. The SMILES string of the molecule is CCN(c1cccc(OC)c1)S(=O)(=O)CC1COCCO1. The summed E-state index contributed by atoms with van der Waals surface area (Å²) in [6.07, 6.45) is -0.414. The van der Waals surface area contributed by atoms with Gasteiger partial charge in [0, 0.05) is 12.6 Å². The van der Waals surface area contributed by atoms with Gasteiger partial charge in [0.1, 0.15) is 5.75 Å². The Hall–Kier alpha value is -1.31. The Kier molecular flexibility index (Phi) is 5.44. The van der Waals surface area contributed by atoms with E-state index in [2.05, 4.69) is 0 Å². The van der Waals surface area contributed by atoms with Crippen molar-refractivity contribution in [3.63, 3.8) is 0 Å². The largest absolute Gasteiger partial charge is 0.497 e. The van der Waals surface area contributed by atoms with Crippen molar-refractivity contribution in [1.82, 2.24) is 0 Å². The van der Waals surface area contributed by atoms with Crippen molar-refractivity contribution in [3.8, 4) is 5.75 Å². The molecule has 7 heteroatoms. The van der Waals surface area contributed by atoms with Crippen molar-refractivity contribution in [1.29, 1.82) is 0 Å². The molecule has 0 saturated carbocycles. The predicted octanol–water partition coefficient (Wildman–Crippen LogP) is 1.27. The van der Waals surface area contributed by atoms with E-state index in [-0.39, 0.29) is 5.75 Å². The first-order chi connectivity index (χ1) is 10.1. The minimum atomic E-state index is -3.48. The third-order valence-electron chi connectivity index (χ3n) is 3.25. The second-order valence-corrected chi connectivity index (χ2v) is 6.65. The number of rotatable bonds is 6. The molecule has 118 valence electrons. The topological polar surface area (TPSA) is 65.1 Å². The molecule has 0 bridgehead atoms. The van der Waals surface area contributed by atoms with Crippen molar-refractivity contribution >= 4 is 15.7 Å². The Morgan fingerprint density at radius 2 is 2.19 bits per heavy atom. The quantitative estimate of drug-likeness (QED) is 0.791. The van der Waals surface area contributed by atoms with Gasteiger partial charge < -0.3 is 14.2 Å². The summed E-state index contributed by atoms with van der Waals surface area (Å²) < 4.78 is 42.4. The van der Waals surface area contributed by atoms with Crippen molar-refractivity contribution in [2.75, 3.05) is 43.5 Å². The summed E-state index contributed by atoms with van der Waals surface area (Å²) in [5.41, 5.74) is 0.591. The molecule has 1 aromatic carbocycles. The average molecular weight is 315 g/mol. The van der Waals surface area contributed by atoms with Crippen LogP contribution < -0.4 is 9.04 Å². The number of hydrogen-bond donors (Lipinski definition) is 0. The lowest BCUT2D eigenvalue weighted by atomic mass is 10.3. The highest BCUT2D eigenvalue weighted by molar-refractivity contribution is 7.92. The maximum atomic E-state index is 12.6. The highest BCUT2D eigenvalue weighted by Crippen LogP contribution is 2.24. The standard InChI is InChI=1S/C14H21NO5S/c1-3-15(12-5-4-6-13(9-12)18-2)21(16,17)11-14-10-19-7-8-20-14/h4-6,9,14H,3,7-8,10-11H2,1-2H3. The molecule has 21 heavy (non-hydrogen) atoms. The van der Waals surface area contributed by atoms with Crippen LogP contribution in [0.5, 0.6) is 5.75 Å². The molecule has 1 atom stereocenters. The van der Waals surface area contributed by atoms with Gasteiger partial charge >= 0.3 is 0 Å². The maximum Gasteiger partial charge on any atom is 0.237 e. The fraction of sp³-hybridized carbons (Fsp3) is 0.571. The van der Waals surface area contributed by atoms with Crippen LogP contribution in [0.4, 0.5) is 5.69 Å².